The fourth-order valence-electron chi connectivity index (χ4n) is 2.66. The Hall–Kier alpha value is -1.44. The fourth-order valence-corrected chi connectivity index (χ4v) is 4.24. The Morgan fingerprint density at radius 2 is 2.05 bits per heavy atom. The van der Waals surface area contributed by atoms with Crippen LogP contribution in [0.2, 0.25) is 0 Å². The van der Waals surface area contributed by atoms with Crippen molar-refractivity contribution in [1.29, 1.82) is 0 Å². The maximum absolute atomic E-state index is 12.4. The van der Waals surface area contributed by atoms with Gasteiger partial charge in [0.1, 0.15) is 0 Å². The standard InChI is InChI=1S/C13H17N3O3S/c1-9(17)16-5-4-10-2-3-12(6-13(10)16)20(18,19)15-7-11(14)8-15/h2-3,6,11H,4-5,7-8,14H2,1H3. The Bertz CT molecular complexity index is 665. The number of hydrogen-bond acceptors (Lipinski definition) is 4. The first-order valence-corrected chi connectivity index (χ1v) is 8.00. The summed E-state index contributed by atoms with van der Waals surface area (Å²) in [7, 11) is -3.49. The van der Waals surface area contributed by atoms with Crippen LogP contribution in [0.25, 0.3) is 0 Å². The van der Waals surface area contributed by atoms with E-state index in [1.54, 1.807) is 23.1 Å². The van der Waals surface area contributed by atoms with Gasteiger partial charge in [0.2, 0.25) is 15.9 Å². The van der Waals surface area contributed by atoms with Crippen LogP contribution < -0.4 is 10.6 Å². The molecule has 1 aromatic rings. The summed E-state index contributed by atoms with van der Waals surface area (Å²) in [5, 5.41) is 0. The molecule has 0 aliphatic carbocycles. The molecule has 2 aliphatic heterocycles. The van der Waals surface area contributed by atoms with Crippen LogP contribution in [0.1, 0.15) is 12.5 Å². The summed E-state index contributed by atoms with van der Waals surface area (Å²) in [5.74, 6) is -0.0655. The highest BCUT2D eigenvalue weighted by Crippen LogP contribution is 2.32. The molecule has 0 bridgehead atoms. The molecular weight excluding hydrogens is 278 g/mol. The van der Waals surface area contributed by atoms with Gasteiger partial charge in [0.25, 0.3) is 0 Å². The van der Waals surface area contributed by atoms with Crippen molar-refractivity contribution >= 4 is 21.6 Å². The van der Waals surface area contributed by atoms with Crippen LogP contribution in [0.4, 0.5) is 5.69 Å². The third-order valence-corrected chi connectivity index (χ3v) is 5.67. The predicted octanol–water partition coefficient (Wildman–Crippen LogP) is -0.0728. The molecule has 0 atom stereocenters. The molecule has 0 spiro atoms. The van der Waals surface area contributed by atoms with Crippen molar-refractivity contribution in [3.8, 4) is 0 Å². The fraction of sp³-hybridized carbons (Fsp3) is 0.462. The normalized spacial score (nSPS) is 19.8. The van der Waals surface area contributed by atoms with E-state index in [0.29, 0.717) is 25.3 Å². The second-order valence-electron chi connectivity index (χ2n) is 5.29. The SMILES string of the molecule is CC(=O)N1CCc2ccc(S(=O)(=O)N3CC(N)C3)cc21. The number of amides is 1. The lowest BCUT2D eigenvalue weighted by atomic mass is 10.2. The van der Waals surface area contributed by atoms with Crippen LogP contribution in [0.5, 0.6) is 0 Å². The van der Waals surface area contributed by atoms with Gasteiger partial charge < -0.3 is 10.6 Å². The number of benzene rings is 1. The van der Waals surface area contributed by atoms with Gasteiger partial charge in [0.15, 0.2) is 0 Å². The molecule has 6 nitrogen and oxygen atoms in total. The summed E-state index contributed by atoms with van der Waals surface area (Å²) < 4.78 is 26.2. The number of carbonyl (C=O) groups excluding carboxylic acids is 1. The molecule has 108 valence electrons. The number of carbonyl (C=O) groups is 1. The van der Waals surface area contributed by atoms with Crippen LogP contribution in [-0.4, -0.2) is 44.3 Å². The average Bonchev–Trinajstić information content (AvgIpc) is 2.77. The van der Waals surface area contributed by atoms with Crippen LogP contribution in [0.15, 0.2) is 23.1 Å². The van der Waals surface area contributed by atoms with E-state index < -0.39 is 10.0 Å². The second kappa shape index (κ2) is 4.54. The number of fused-ring (bicyclic) bond motifs is 1. The molecule has 0 aromatic heterocycles. The molecule has 2 N–H and O–H groups in total. The molecule has 1 aromatic carbocycles. The quantitative estimate of drug-likeness (QED) is 0.827. The molecule has 0 radical (unpaired) electrons. The van der Waals surface area contributed by atoms with Crippen LogP contribution in [0.3, 0.4) is 0 Å². The maximum atomic E-state index is 12.4. The first-order chi connectivity index (χ1) is 9.39. The van der Waals surface area contributed by atoms with Crippen molar-refractivity contribution in [3.05, 3.63) is 23.8 Å². The molecule has 7 heteroatoms. The number of sulfonamides is 1. The summed E-state index contributed by atoms with van der Waals surface area (Å²) >= 11 is 0. The molecule has 2 aliphatic rings. The van der Waals surface area contributed by atoms with E-state index in [4.69, 9.17) is 5.73 Å². The van der Waals surface area contributed by atoms with E-state index in [1.807, 2.05) is 0 Å². The van der Waals surface area contributed by atoms with Gasteiger partial charge in [-0.2, -0.15) is 4.31 Å². The topological polar surface area (TPSA) is 83.7 Å². The first kappa shape index (κ1) is 13.5. The third-order valence-electron chi connectivity index (χ3n) is 3.85. The van der Waals surface area contributed by atoms with Crippen LogP contribution in [-0.2, 0) is 21.2 Å². The lowest BCUT2D eigenvalue weighted by molar-refractivity contribution is -0.116. The molecule has 2 heterocycles. The Morgan fingerprint density at radius 3 is 2.65 bits per heavy atom. The lowest BCUT2D eigenvalue weighted by Gasteiger charge is -2.35. The van der Waals surface area contributed by atoms with E-state index in [0.717, 1.165) is 12.0 Å². The van der Waals surface area contributed by atoms with Gasteiger partial charge in [-0.15, -0.1) is 0 Å². The number of nitrogens with two attached hydrogens (primary N) is 1. The molecule has 3 rings (SSSR count). The van der Waals surface area contributed by atoms with Crippen molar-refractivity contribution < 1.29 is 13.2 Å². The van der Waals surface area contributed by atoms with Gasteiger partial charge in [-0.3, -0.25) is 4.79 Å². The Morgan fingerprint density at radius 1 is 1.35 bits per heavy atom. The Balaban J connectivity index is 1.97. The van der Waals surface area contributed by atoms with Crippen LogP contribution in [0, 0.1) is 0 Å². The van der Waals surface area contributed by atoms with E-state index in [1.165, 1.54) is 11.2 Å². The number of nitrogens with zero attached hydrogens (tertiary/aromatic N) is 2. The van der Waals surface area contributed by atoms with E-state index in [2.05, 4.69) is 0 Å². The zero-order chi connectivity index (χ0) is 14.5. The van der Waals surface area contributed by atoms with Gasteiger partial charge in [-0.25, -0.2) is 8.42 Å². The Labute approximate surface area is 118 Å². The van der Waals surface area contributed by atoms with Crippen molar-refractivity contribution in [1.82, 2.24) is 4.31 Å². The average molecular weight is 295 g/mol. The maximum Gasteiger partial charge on any atom is 0.243 e. The molecule has 1 saturated heterocycles. The van der Waals surface area contributed by atoms with Gasteiger partial charge in [0.05, 0.1) is 4.90 Å². The predicted molar refractivity (Wildman–Crippen MR) is 74.9 cm³/mol. The van der Waals surface area contributed by atoms with Gasteiger partial charge >= 0.3 is 0 Å². The Kier molecular flexibility index (Phi) is 3.07. The zero-order valence-electron chi connectivity index (χ0n) is 11.2. The van der Waals surface area contributed by atoms with Gasteiger partial charge in [-0.05, 0) is 24.1 Å². The number of rotatable bonds is 2. The summed E-state index contributed by atoms with van der Waals surface area (Å²) in [5.41, 5.74) is 7.36. The second-order valence-corrected chi connectivity index (χ2v) is 7.23. The minimum absolute atomic E-state index is 0.0655. The smallest absolute Gasteiger partial charge is 0.243 e. The number of hydrogen-bond donors (Lipinski definition) is 1. The highest BCUT2D eigenvalue weighted by Gasteiger charge is 2.35. The van der Waals surface area contributed by atoms with E-state index in [9.17, 15) is 13.2 Å². The minimum Gasteiger partial charge on any atom is -0.325 e. The van der Waals surface area contributed by atoms with Crippen LogP contribution >= 0.6 is 0 Å². The molecule has 20 heavy (non-hydrogen) atoms. The largest absolute Gasteiger partial charge is 0.325 e. The highest BCUT2D eigenvalue weighted by molar-refractivity contribution is 7.89. The zero-order valence-corrected chi connectivity index (χ0v) is 12.1. The first-order valence-electron chi connectivity index (χ1n) is 6.56. The van der Waals surface area contributed by atoms with E-state index >= 15 is 0 Å². The summed E-state index contributed by atoms with van der Waals surface area (Å²) in [6.45, 7) is 2.82. The molecule has 0 saturated carbocycles. The van der Waals surface area contributed by atoms with Crippen molar-refractivity contribution in [2.45, 2.75) is 24.3 Å². The minimum atomic E-state index is -3.49. The lowest BCUT2D eigenvalue weighted by Crippen LogP contribution is -2.57. The third kappa shape index (κ3) is 2.02. The van der Waals surface area contributed by atoms with Gasteiger partial charge in [-0.1, -0.05) is 6.07 Å². The summed E-state index contributed by atoms with van der Waals surface area (Å²) in [4.78, 5) is 13.4. The number of anilines is 1. The van der Waals surface area contributed by atoms with Crippen molar-refractivity contribution in [2.24, 2.45) is 5.73 Å². The van der Waals surface area contributed by atoms with Gasteiger partial charge in [0, 0.05) is 38.3 Å². The molecular formula is C13H17N3O3S. The molecule has 0 unspecified atom stereocenters. The monoisotopic (exact) mass is 295 g/mol. The van der Waals surface area contributed by atoms with E-state index in [-0.39, 0.29) is 16.8 Å². The molecule has 1 amide bonds. The molecule has 1 fully saturated rings. The summed E-state index contributed by atoms with van der Waals surface area (Å²) in [6, 6.07) is 4.93. The van der Waals surface area contributed by atoms with Crippen molar-refractivity contribution in [3.63, 3.8) is 0 Å². The summed E-state index contributed by atoms with van der Waals surface area (Å²) in [6.07, 6.45) is 0.768. The highest BCUT2D eigenvalue weighted by atomic mass is 32.2. The van der Waals surface area contributed by atoms with Crippen molar-refractivity contribution in [2.75, 3.05) is 24.5 Å².